The standard InChI is InChI=1S/C30H25NO4S/c32-28(25-15-8-18-36-25)26-27(31(30(34)29(26)33)17-16-21-9-3-1-4-10-21)23-13-7-14-24(19-23)35-20-22-11-5-2-6-12-22/h1-15,18-19,27,33H,16-17,20H2. The zero-order valence-corrected chi connectivity index (χ0v) is 20.4. The van der Waals surface area contributed by atoms with Crippen molar-refractivity contribution in [3.05, 3.63) is 135 Å². The lowest BCUT2D eigenvalue weighted by molar-refractivity contribution is -0.129. The highest BCUT2D eigenvalue weighted by Crippen LogP contribution is 2.40. The van der Waals surface area contributed by atoms with Gasteiger partial charge >= 0.3 is 0 Å². The summed E-state index contributed by atoms with van der Waals surface area (Å²) in [5.74, 6) is -0.728. The van der Waals surface area contributed by atoms with Gasteiger partial charge in [-0.05, 0) is 46.7 Å². The lowest BCUT2D eigenvalue weighted by atomic mass is 9.95. The van der Waals surface area contributed by atoms with Crippen LogP contribution in [0, 0.1) is 0 Å². The third-order valence-electron chi connectivity index (χ3n) is 6.20. The van der Waals surface area contributed by atoms with Crippen LogP contribution in [0.1, 0.15) is 32.4 Å². The van der Waals surface area contributed by atoms with E-state index in [2.05, 4.69) is 0 Å². The van der Waals surface area contributed by atoms with Crippen LogP contribution in [-0.2, 0) is 17.8 Å². The monoisotopic (exact) mass is 495 g/mol. The van der Waals surface area contributed by atoms with Crippen LogP contribution < -0.4 is 4.74 Å². The number of nitrogens with zero attached hydrogens (tertiary/aromatic N) is 1. The summed E-state index contributed by atoms with van der Waals surface area (Å²) in [6.45, 7) is 0.752. The molecule has 1 amide bonds. The Balaban J connectivity index is 1.47. The highest BCUT2D eigenvalue weighted by molar-refractivity contribution is 7.12. The van der Waals surface area contributed by atoms with Gasteiger partial charge in [-0.25, -0.2) is 0 Å². The molecule has 5 rings (SSSR count). The average Bonchev–Trinajstić information content (AvgIpc) is 3.55. The van der Waals surface area contributed by atoms with E-state index in [1.54, 1.807) is 17.0 Å². The molecule has 1 aliphatic heterocycles. The van der Waals surface area contributed by atoms with Crippen molar-refractivity contribution < 1.29 is 19.4 Å². The molecular weight excluding hydrogens is 470 g/mol. The minimum absolute atomic E-state index is 0.107. The molecule has 0 fully saturated rings. The number of hydrogen-bond acceptors (Lipinski definition) is 5. The van der Waals surface area contributed by atoms with Gasteiger partial charge in [0.2, 0.25) is 5.78 Å². The van der Waals surface area contributed by atoms with Crippen LogP contribution in [0.25, 0.3) is 0 Å². The Hall–Kier alpha value is -4.16. The number of carbonyl (C=O) groups is 2. The molecule has 180 valence electrons. The number of thiophene rings is 1. The van der Waals surface area contributed by atoms with Gasteiger partial charge in [-0.15, -0.1) is 11.3 Å². The molecule has 1 aliphatic rings. The third kappa shape index (κ3) is 4.95. The normalized spacial score (nSPS) is 15.4. The number of ketones is 1. The summed E-state index contributed by atoms with van der Waals surface area (Å²) in [6.07, 6.45) is 0.598. The van der Waals surface area contributed by atoms with Gasteiger partial charge in [0.25, 0.3) is 5.91 Å². The molecule has 5 nitrogen and oxygen atoms in total. The van der Waals surface area contributed by atoms with E-state index in [9.17, 15) is 14.7 Å². The van der Waals surface area contributed by atoms with E-state index in [1.807, 2.05) is 90.3 Å². The Bertz CT molecular complexity index is 1380. The maximum absolute atomic E-state index is 13.4. The molecule has 36 heavy (non-hydrogen) atoms. The van der Waals surface area contributed by atoms with E-state index < -0.39 is 17.7 Å². The summed E-state index contributed by atoms with van der Waals surface area (Å²) in [5, 5.41) is 12.7. The molecular formula is C30H25NO4S. The first-order chi connectivity index (χ1) is 17.6. The smallest absolute Gasteiger partial charge is 0.290 e. The van der Waals surface area contributed by atoms with E-state index in [-0.39, 0.29) is 11.4 Å². The van der Waals surface area contributed by atoms with Crippen molar-refractivity contribution >= 4 is 23.0 Å². The van der Waals surface area contributed by atoms with E-state index in [0.29, 0.717) is 35.8 Å². The molecule has 2 heterocycles. The summed E-state index contributed by atoms with van der Waals surface area (Å²) in [7, 11) is 0. The van der Waals surface area contributed by atoms with Gasteiger partial charge in [-0.1, -0.05) is 78.9 Å². The predicted molar refractivity (Wildman–Crippen MR) is 140 cm³/mol. The number of aliphatic hydroxyl groups excluding tert-OH is 1. The summed E-state index contributed by atoms with van der Waals surface area (Å²) in [4.78, 5) is 28.7. The quantitative estimate of drug-likeness (QED) is 0.283. The Kier molecular flexibility index (Phi) is 6.96. The van der Waals surface area contributed by atoms with Gasteiger partial charge < -0.3 is 14.7 Å². The van der Waals surface area contributed by atoms with Crippen molar-refractivity contribution in [2.24, 2.45) is 0 Å². The molecule has 3 aromatic carbocycles. The molecule has 4 aromatic rings. The van der Waals surface area contributed by atoms with Crippen LogP contribution in [0.15, 0.2) is 114 Å². The fourth-order valence-electron chi connectivity index (χ4n) is 4.41. The fourth-order valence-corrected chi connectivity index (χ4v) is 5.09. The number of ether oxygens (including phenoxy) is 1. The number of carbonyl (C=O) groups excluding carboxylic acids is 2. The van der Waals surface area contributed by atoms with Crippen LogP contribution in [0.2, 0.25) is 0 Å². The second-order valence-corrected chi connectivity index (χ2v) is 9.50. The van der Waals surface area contributed by atoms with E-state index in [1.165, 1.54) is 11.3 Å². The Labute approximate surface area is 213 Å². The van der Waals surface area contributed by atoms with Crippen molar-refractivity contribution in [3.63, 3.8) is 0 Å². The summed E-state index contributed by atoms with van der Waals surface area (Å²) >= 11 is 1.29. The van der Waals surface area contributed by atoms with E-state index in [0.717, 1.165) is 11.1 Å². The van der Waals surface area contributed by atoms with Gasteiger partial charge in [0.15, 0.2) is 5.76 Å². The average molecular weight is 496 g/mol. The first kappa shape index (κ1) is 23.6. The fraction of sp³-hybridized carbons (Fsp3) is 0.133. The lowest BCUT2D eigenvalue weighted by Gasteiger charge is -2.27. The molecule has 0 spiro atoms. The Morgan fingerprint density at radius 2 is 1.61 bits per heavy atom. The summed E-state index contributed by atoms with van der Waals surface area (Å²) in [5.41, 5.74) is 2.93. The minimum Gasteiger partial charge on any atom is -0.503 e. The molecule has 0 saturated carbocycles. The molecule has 1 unspecified atom stereocenters. The molecule has 1 N–H and O–H groups in total. The predicted octanol–water partition coefficient (Wildman–Crippen LogP) is 6.15. The van der Waals surface area contributed by atoms with Crippen LogP contribution in [0.3, 0.4) is 0 Å². The highest BCUT2D eigenvalue weighted by Gasteiger charge is 2.43. The first-order valence-electron chi connectivity index (χ1n) is 11.7. The maximum Gasteiger partial charge on any atom is 0.290 e. The van der Waals surface area contributed by atoms with Crippen LogP contribution in [0.5, 0.6) is 5.75 Å². The van der Waals surface area contributed by atoms with Crippen LogP contribution in [0.4, 0.5) is 0 Å². The zero-order valence-electron chi connectivity index (χ0n) is 19.5. The van der Waals surface area contributed by atoms with Crippen molar-refractivity contribution in [1.82, 2.24) is 4.90 Å². The number of Topliss-reactive ketones (excluding diaryl/α,β-unsaturated/α-hetero) is 1. The number of aliphatic hydroxyl groups is 1. The second kappa shape index (κ2) is 10.6. The van der Waals surface area contributed by atoms with Crippen molar-refractivity contribution in [3.8, 4) is 5.75 Å². The second-order valence-electron chi connectivity index (χ2n) is 8.55. The van der Waals surface area contributed by atoms with Crippen molar-refractivity contribution in [2.75, 3.05) is 6.54 Å². The van der Waals surface area contributed by atoms with Gasteiger partial charge in [0.1, 0.15) is 12.4 Å². The van der Waals surface area contributed by atoms with Gasteiger partial charge in [0, 0.05) is 6.54 Å². The van der Waals surface area contributed by atoms with Crippen LogP contribution in [-0.4, -0.2) is 28.2 Å². The lowest BCUT2D eigenvalue weighted by Crippen LogP contribution is -2.33. The third-order valence-corrected chi connectivity index (χ3v) is 7.07. The van der Waals surface area contributed by atoms with Crippen LogP contribution >= 0.6 is 11.3 Å². The van der Waals surface area contributed by atoms with Gasteiger partial charge in [0.05, 0.1) is 16.5 Å². The molecule has 1 atom stereocenters. The Morgan fingerprint density at radius 1 is 0.889 bits per heavy atom. The first-order valence-corrected chi connectivity index (χ1v) is 12.6. The Morgan fingerprint density at radius 3 is 2.31 bits per heavy atom. The molecule has 0 saturated heterocycles. The number of amides is 1. The number of hydrogen-bond donors (Lipinski definition) is 1. The van der Waals surface area contributed by atoms with Gasteiger partial charge in [-0.3, -0.25) is 9.59 Å². The molecule has 6 heteroatoms. The molecule has 0 bridgehead atoms. The van der Waals surface area contributed by atoms with Gasteiger partial charge in [-0.2, -0.15) is 0 Å². The zero-order chi connectivity index (χ0) is 24.9. The van der Waals surface area contributed by atoms with Crippen molar-refractivity contribution in [2.45, 2.75) is 19.1 Å². The topological polar surface area (TPSA) is 66.8 Å². The summed E-state index contributed by atoms with van der Waals surface area (Å²) in [6, 6.07) is 29.9. The van der Waals surface area contributed by atoms with E-state index >= 15 is 0 Å². The minimum atomic E-state index is -0.712. The largest absolute Gasteiger partial charge is 0.503 e. The number of benzene rings is 3. The summed E-state index contributed by atoms with van der Waals surface area (Å²) < 4.78 is 6.01. The molecule has 0 radical (unpaired) electrons. The van der Waals surface area contributed by atoms with Crippen molar-refractivity contribution in [1.29, 1.82) is 0 Å². The molecule has 1 aromatic heterocycles. The number of rotatable bonds is 9. The van der Waals surface area contributed by atoms with E-state index in [4.69, 9.17) is 4.74 Å². The molecule has 0 aliphatic carbocycles. The SMILES string of the molecule is O=C(C1=C(O)C(=O)N(CCc2ccccc2)C1c1cccc(OCc2ccccc2)c1)c1cccs1. The highest BCUT2D eigenvalue weighted by atomic mass is 32.1. The maximum atomic E-state index is 13.4.